The molecule has 0 spiro atoms. The standard InChI is InChI=1S/C24H31N7O5/c1-3-26-16(33)9-8-14-4-6-15(7-5-14)10-11-27-24-29-21(25)17-22(30-24)31(12-28-17)23-19(35)18(34)20(36-23)13(2)32/h4-7,12,18-20,23,34-35H,3,8-11H2,1-2H3,(H,26,33)(H3,25,27,29,30)/t18-,19?,20-,23-/m1/s1. The molecule has 12 nitrogen and oxygen atoms in total. The Kier molecular flexibility index (Phi) is 7.77. The fourth-order valence-corrected chi connectivity index (χ4v) is 4.16. The summed E-state index contributed by atoms with van der Waals surface area (Å²) in [6, 6.07) is 8.09. The van der Waals surface area contributed by atoms with E-state index in [1.807, 2.05) is 31.2 Å². The number of aromatic nitrogens is 4. The smallest absolute Gasteiger partial charge is 0.226 e. The third-order valence-electron chi connectivity index (χ3n) is 6.10. The molecule has 36 heavy (non-hydrogen) atoms. The Morgan fingerprint density at radius 2 is 1.81 bits per heavy atom. The molecule has 0 saturated carbocycles. The van der Waals surface area contributed by atoms with Crippen molar-refractivity contribution >= 4 is 34.6 Å². The molecular weight excluding hydrogens is 466 g/mol. The first-order valence-electron chi connectivity index (χ1n) is 11.9. The lowest BCUT2D eigenvalue weighted by atomic mass is 10.1. The van der Waals surface area contributed by atoms with Gasteiger partial charge in [0.2, 0.25) is 11.9 Å². The van der Waals surface area contributed by atoms with Crippen LogP contribution in [0.3, 0.4) is 0 Å². The molecule has 4 rings (SSSR count). The number of amides is 1. The van der Waals surface area contributed by atoms with Gasteiger partial charge in [0.1, 0.15) is 23.8 Å². The van der Waals surface area contributed by atoms with E-state index in [1.165, 1.54) is 17.8 Å². The van der Waals surface area contributed by atoms with E-state index >= 15 is 0 Å². The van der Waals surface area contributed by atoms with E-state index in [1.54, 1.807) is 0 Å². The minimum Gasteiger partial charge on any atom is -0.387 e. The van der Waals surface area contributed by atoms with Crippen molar-refractivity contribution in [2.75, 3.05) is 24.1 Å². The molecule has 0 radical (unpaired) electrons. The van der Waals surface area contributed by atoms with Crippen molar-refractivity contribution in [2.45, 2.75) is 57.6 Å². The number of nitrogens with one attached hydrogen (secondary N) is 2. The Labute approximate surface area is 207 Å². The predicted molar refractivity (Wildman–Crippen MR) is 132 cm³/mol. The van der Waals surface area contributed by atoms with Gasteiger partial charge in [0, 0.05) is 19.5 Å². The van der Waals surface area contributed by atoms with Crippen LogP contribution in [0.5, 0.6) is 0 Å². The number of imidazole rings is 1. The highest BCUT2D eigenvalue weighted by Gasteiger charge is 2.46. The zero-order chi connectivity index (χ0) is 25.8. The Bertz CT molecular complexity index is 1230. The molecular formula is C24H31N7O5. The first-order valence-corrected chi connectivity index (χ1v) is 11.9. The quantitative estimate of drug-likeness (QED) is 0.262. The summed E-state index contributed by atoms with van der Waals surface area (Å²) in [4.78, 5) is 36.3. The molecule has 1 saturated heterocycles. The second-order valence-corrected chi connectivity index (χ2v) is 8.74. The van der Waals surface area contributed by atoms with Gasteiger partial charge in [-0.1, -0.05) is 24.3 Å². The molecule has 1 fully saturated rings. The Morgan fingerprint density at radius 1 is 1.11 bits per heavy atom. The summed E-state index contributed by atoms with van der Waals surface area (Å²) < 4.78 is 7.04. The Morgan fingerprint density at radius 3 is 2.44 bits per heavy atom. The van der Waals surface area contributed by atoms with Gasteiger partial charge in [0.05, 0.1) is 6.33 Å². The summed E-state index contributed by atoms with van der Waals surface area (Å²) in [5.41, 5.74) is 8.90. The molecule has 3 aromatic rings. The van der Waals surface area contributed by atoms with Gasteiger partial charge in [-0.25, -0.2) is 4.98 Å². The van der Waals surface area contributed by atoms with Crippen LogP contribution in [0.2, 0.25) is 0 Å². The number of anilines is 2. The number of fused-ring (bicyclic) bond motifs is 1. The van der Waals surface area contributed by atoms with E-state index in [4.69, 9.17) is 10.5 Å². The SMILES string of the molecule is CCNC(=O)CCc1ccc(CCNc2nc(N)c3ncn([C@@H]4O[C@H](C(C)=O)[C@H](O)C4O)c3n2)cc1. The van der Waals surface area contributed by atoms with Crippen molar-refractivity contribution in [3.63, 3.8) is 0 Å². The number of nitrogen functional groups attached to an aromatic ring is 1. The summed E-state index contributed by atoms with van der Waals surface area (Å²) in [5, 5.41) is 26.6. The van der Waals surface area contributed by atoms with E-state index in [-0.39, 0.29) is 23.5 Å². The topological polar surface area (TPSA) is 178 Å². The molecule has 0 aliphatic carbocycles. The van der Waals surface area contributed by atoms with E-state index < -0.39 is 24.5 Å². The predicted octanol–water partition coefficient (Wildman–Crippen LogP) is 0.340. The zero-order valence-corrected chi connectivity index (χ0v) is 20.2. The number of carbonyl (C=O) groups excluding carboxylic acids is 2. The molecule has 1 unspecified atom stereocenters. The lowest BCUT2D eigenvalue weighted by molar-refractivity contribution is -0.133. The van der Waals surface area contributed by atoms with E-state index in [9.17, 15) is 19.8 Å². The minimum atomic E-state index is -1.36. The average Bonchev–Trinajstić information content (AvgIpc) is 3.40. The summed E-state index contributed by atoms with van der Waals surface area (Å²) in [6.07, 6.45) is -1.65. The number of rotatable bonds is 10. The molecule has 1 aliphatic rings. The van der Waals surface area contributed by atoms with Gasteiger partial charge in [0.15, 0.2) is 23.5 Å². The summed E-state index contributed by atoms with van der Waals surface area (Å²) in [6.45, 7) is 4.36. The highest BCUT2D eigenvalue weighted by atomic mass is 16.6. The first kappa shape index (κ1) is 25.5. The number of hydrogen-bond acceptors (Lipinski definition) is 10. The Balaban J connectivity index is 1.40. The van der Waals surface area contributed by atoms with E-state index in [0.717, 1.165) is 11.1 Å². The van der Waals surface area contributed by atoms with Crippen molar-refractivity contribution < 1.29 is 24.5 Å². The number of aryl methyl sites for hydroxylation is 1. The van der Waals surface area contributed by atoms with Gasteiger partial charge in [-0.3, -0.25) is 14.2 Å². The molecule has 1 aliphatic heterocycles. The van der Waals surface area contributed by atoms with Crippen LogP contribution in [0.15, 0.2) is 30.6 Å². The minimum absolute atomic E-state index is 0.0483. The van der Waals surface area contributed by atoms with E-state index in [2.05, 4.69) is 25.6 Å². The van der Waals surface area contributed by atoms with Crippen LogP contribution in [-0.4, -0.2) is 72.8 Å². The molecule has 12 heteroatoms. The maximum Gasteiger partial charge on any atom is 0.226 e. The highest BCUT2D eigenvalue weighted by Crippen LogP contribution is 2.32. The molecule has 0 bridgehead atoms. The molecule has 6 N–H and O–H groups in total. The van der Waals surface area contributed by atoms with Crippen LogP contribution < -0.4 is 16.4 Å². The van der Waals surface area contributed by atoms with Crippen LogP contribution in [0.4, 0.5) is 11.8 Å². The lowest BCUT2D eigenvalue weighted by Crippen LogP contribution is -2.34. The van der Waals surface area contributed by atoms with Crippen molar-refractivity contribution in [3.05, 3.63) is 41.7 Å². The monoisotopic (exact) mass is 497 g/mol. The van der Waals surface area contributed by atoms with Crippen LogP contribution >= 0.6 is 0 Å². The summed E-state index contributed by atoms with van der Waals surface area (Å²) >= 11 is 0. The van der Waals surface area contributed by atoms with Gasteiger partial charge < -0.3 is 31.3 Å². The van der Waals surface area contributed by atoms with Gasteiger partial charge in [-0.15, -0.1) is 0 Å². The largest absolute Gasteiger partial charge is 0.387 e. The third-order valence-corrected chi connectivity index (χ3v) is 6.10. The second-order valence-electron chi connectivity index (χ2n) is 8.74. The second kappa shape index (κ2) is 11.0. The Hall–Kier alpha value is -3.61. The lowest BCUT2D eigenvalue weighted by Gasteiger charge is -2.16. The number of aliphatic hydroxyl groups excluding tert-OH is 2. The van der Waals surface area contributed by atoms with Crippen LogP contribution in [-0.2, 0) is 27.2 Å². The van der Waals surface area contributed by atoms with Gasteiger partial charge in [-0.2, -0.15) is 9.97 Å². The van der Waals surface area contributed by atoms with Crippen LogP contribution in [0.1, 0.15) is 37.6 Å². The zero-order valence-electron chi connectivity index (χ0n) is 20.2. The van der Waals surface area contributed by atoms with Crippen LogP contribution in [0.25, 0.3) is 11.2 Å². The number of aliphatic hydroxyl groups is 2. The fourth-order valence-electron chi connectivity index (χ4n) is 4.16. The number of hydrogen-bond donors (Lipinski definition) is 5. The van der Waals surface area contributed by atoms with Gasteiger partial charge >= 0.3 is 0 Å². The molecule has 2 aromatic heterocycles. The van der Waals surface area contributed by atoms with E-state index in [0.29, 0.717) is 43.5 Å². The molecule has 3 heterocycles. The first-order chi connectivity index (χ1) is 17.3. The number of carbonyl (C=O) groups is 2. The maximum absolute atomic E-state index is 11.7. The normalized spacial score (nSPS) is 21.6. The molecule has 192 valence electrons. The number of ether oxygens (including phenoxy) is 1. The fraction of sp³-hybridized carbons (Fsp3) is 0.458. The number of nitrogens with zero attached hydrogens (tertiary/aromatic N) is 4. The van der Waals surface area contributed by atoms with Crippen LogP contribution in [0, 0.1) is 0 Å². The maximum atomic E-state index is 11.7. The number of ketones is 1. The van der Waals surface area contributed by atoms with Crippen molar-refractivity contribution in [1.82, 2.24) is 24.8 Å². The molecule has 1 amide bonds. The number of nitrogens with two attached hydrogens (primary N) is 1. The van der Waals surface area contributed by atoms with Crippen molar-refractivity contribution in [1.29, 1.82) is 0 Å². The van der Waals surface area contributed by atoms with Crippen molar-refractivity contribution in [3.8, 4) is 0 Å². The molecule has 1 aromatic carbocycles. The van der Waals surface area contributed by atoms with Gasteiger partial charge in [-0.05, 0) is 37.8 Å². The highest BCUT2D eigenvalue weighted by molar-refractivity contribution is 5.83. The molecule has 4 atom stereocenters. The average molecular weight is 498 g/mol. The number of Topliss-reactive ketones (excluding diaryl/α,β-unsaturated/α-hetero) is 1. The van der Waals surface area contributed by atoms with Gasteiger partial charge in [0.25, 0.3) is 0 Å². The third kappa shape index (κ3) is 5.45. The summed E-state index contributed by atoms with van der Waals surface area (Å²) in [5.74, 6) is 0.0810. The van der Waals surface area contributed by atoms with Crippen molar-refractivity contribution in [2.24, 2.45) is 0 Å². The summed E-state index contributed by atoms with van der Waals surface area (Å²) in [7, 11) is 0. The number of benzene rings is 1.